The maximum atomic E-state index is 12.1. The highest BCUT2D eigenvalue weighted by Gasteiger charge is 2.25. The highest BCUT2D eigenvalue weighted by molar-refractivity contribution is 5.78. The zero-order chi connectivity index (χ0) is 14.5. The number of rotatable bonds is 3. The van der Waals surface area contributed by atoms with Crippen LogP contribution in [0.15, 0.2) is 24.3 Å². The summed E-state index contributed by atoms with van der Waals surface area (Å²) in [6.07, 6.45) is 0.107. The summed E-state index contributed by atoms with van der Waals surface area (Å²) in [5, 5.41) is 8.70. The molecule has 1 saturated heterocycles. The number of morpholine rings is 1. The maximum absolute atomic E-state index is 12.1. The van der Waals surface area contributed by atoms with E-state index in [2.05, 4.69) is 0 Å². The Morgan fingerprint density at radius 2 is 1.95 bits per heavy atom. The molecule has 20 heavy (non-hydrogen) atoms. The Bertz CT molecular complexity index is 497. The zero-order valence-electron chi connectivity index (χ0n) is 11.7. The number of amides is 1. The molecule has 1 amide bonds. The number of ether oxygens (including phenoxy) is 2. The molecule has 0 unspecified atom stereocenters. The lowest BCUT2D eigenvalue weighted by molar-refractivity contribution is -0.145. The second-order valence-corrected chi connectivity index (χ2v) is 4.98. The van der Waals surface area contributed by atoms with E-state index < -0.39 is 0 Å². The van der Waals surface area contributed by atoms with Gasteiger partial charge in [0, 0.05) is 13.1 Å². The van der Waals surface area contributed by atoms with E-state index in [0.29, 0.717) is 24.4 Å². The molecule has 1 aromatic rings. The number of hydrogen-bond donors (Lipinski definition) is 0. The van der Waals surface area contributed by atoms with Crippen molar-refractivity contribution in [3.63, 3.8) is 0 Å². The molecule has 1 heterocycles. The number of carbonyl (C=O) groups excluding carboxylic acids is 1. The van der Waals surface area contributed by atoms with E-state index in [9.17, 15) is 4.79 Å². The topological polar surface area (TPSA) is 62.6 Å². The van der Waals surface area contributed by atoms with Crippen molar-refractivity contribution in [3.8, 4) is 11.8 Å². The fraction of sp³-hybridized carbons (Fsp3) is 0.467. The molecule has 0 saturated carbocycles. The van der Waals surface area contributed by atoms with Crippen LogP contribution in [0.4, 0.5) is 0 Å². The summed E-state index contributed by atoms with van der Waals surface area (Å²) in [4.78, 5) is 13.8. The molecule has 1 aliphatic rings. The van der Waals surface area contributed by atoms with E-state index in [4.69, 9.17) is 14.7 Å². The minimum atomic E-state index is -0.0450. The van der Waals surface area contributed by atoms with Gasteiger partial charge in [-0.2, -0.15) is 5.26 Å². The molecular formula is C15H18N2O3. The van der Waals surface area contributed by atoms with E-state index in [1.54, 1.807) is 29.2 Å². The molecule has 2 rings (SSSR count). The van der Waals surface area contributed by atoms with Gasteiger partial charge in [-0.1, -0.05) is 0 Å². The number of carbonyl (C=O) groups is 1. The maximum Gasteiger partial charge on any atom is 0.260 e. The lowest BCUT2D eigenvalue weighted by Gasteiger charge is -2.35. The second kappa shape index (κ2) is 6.40. The third-order valence-corrected chi connectivity index (χ3v) is 3.12. The van der Waals surface area contributed by atoms with E-state index in [1.165, 1.54) is 0 Å². The van der Waals surface area contributed by atoms with Crippen LogP contribution >= 0.6 is 0 Å². The standard InChI is InChI=1S/C15H18N2O3/c1-11-8-17(9-12(2)20-11)15(18)10-19-14-5-3-13(7-16)4-6-14/h3-6,11-12H,8-10H2,1-2H3/t11-,12+. The smallest absolute Gasteiger partial charge is 0.260 e. The van der Waals surface area contributed by atoms with Gasteiger partial charge in [-0.15, -0.1) is 0 Å². The molecule has 0 radical (unpaired) electrons. The number of nitriles is 1. The lowest BCUT2D eigenvalue weighted by atomic mass is 10.2. The van der Waals surface area contributed by atoms with Gasteiger partial charge in [-0.25, -0.2) is 0 Å². The molecule has 5 nitrogen and oxygen atoms in total. The quantitative estimate of drug-likeness (QED) is 0.839. The molecule has 0 aromatic heterocycles. The Balaban J connectivity index is 1.86. The van der Waals surface area contributed by atoms with Crippen LogP contribution in [0, 0.1) is 11.3 Å². The highest BCUT2D eigenvalue weighted by Crippen LogP contribution is 2.13. The van der Waals surface area contributed by atoms with Crippen LogP contribution in [-0.4, -0.2) is 42.7 Å². The second-order valence-electron chi connectivity index (χ2n) is 4.98. The van der Waals surface area contributed by atoms with Crippen LogP contribution in [0.25, 0.3) is 0 Å². The molecule has 106 valence electrons. The first-order chi connectivity index (χ1) is 9.58. The SMILES string of the molecule is C[C@@H]1CN(C(=O)COc2ccc(C#N)cc2)C[C@H](C)O1. The molecule has 0 bridgehead atoms. The minimum absolute atomic E-state index is 0.00530. The summed E-state index contributed by atoms with van der Waals surface area (Å²) >= 11 is 0. The van der Waals surface area contributed by atoms with Crippen LogP contribution in [-0.2, 0) is 9.53 Å². The number of benzene rings is 1. The van der Waals surface area contributed by atoms with E-state index >= 15 is 0 Å². The van der Waals surface area contributed by atoms with E-state index in [-0.39, 0.29) is 24.7 Å². The Morgan fingerprint density at radius 3 is 2.50 bits per heavy atom. The fourth-order valence-electron chi connectivity index (χ4n) is 2.24. The van der Waals surface area contributed by atoms with Gasteiger partial charge in [0.15, 0.2) is 6.61 Å². The van der Waals surface area contributed by atoms with E-state index in [0.717, 1.165) is 0 Å². The normalized spacial score (nSPS) is 22.1. The number of nitrogens with zero attached hydrogens (tertiary/aromatic N) is 2. The van der Waals surface area contributed by atoms with Crippen LogP contribution in [0.5, 0.6) is 5.75 Å². The third-order valence-electron chi connectivity index (χ3n) is 3.12. The molecule has 0 spiro atoms. The van der Waals surface area contributed by atoms with Crippen molar-refractivity contribution in [1.82, 2.24) is 4.90 Å². The largest absolute Gasteiger partial charge is 0.484 e. The molecule has 2 atom stereocenters. The van der Waals surface area contributed by atoms with Crippen molar-refractivity contribution in [2.45, 2.75) is 26.1 Å². The van der Waals surface area contributed by atoms with Crippen molar-refractivity contribution >= 4 is 5.91 Å². The summed E-state index contributed by atoms with van der Waals surface area (Å²) in [6.45, 7) is 5.11. The summed E-state index contributed by atoms with van der Waals surface area (Å²) in [7, 11) is 0. The third kappa shape index (κ3) is 3.72. The average molecular weight is 274 g/mol. The molecule has 5 heteroatoms. The van der Waals surface area contributed by atoms with Gasteiger partial charge < -0.3 is 14.4 Å². The van der Waals surface area contributed by atoms with Gasteiger partial charge in [-0.05, 0) is 38.1 Å². The molecule has 1 aliphatic heterocycles. The minimum Gasteiger partial charge on any atom is -0.484 e. The van der Waals surface area contributed by atoms with Crippen molar-refractivity contribution in [3.05, 3.63) is 29.8 Å². The van der Waals surface area contributed by atoms with Crippen LogP contribution in [0.1, 0.15) is 19.4 Å². The van der Waals surface area contributed by atoms with Crippen molar-refractivity contribution < 1.29 is 14.3 Å². The summed E-state index contributed by atoms with van der Waals surface area (Å²) in [6, 6.07) is 8.75. The summed E-state index contributed by atoms with van der Waals surface area (Å²) < 4.78 is 11.0. The molecule has 1 aromatic carbocycles. The van der Waals surface area contributed by atoms with Crippen molar-refractivity contribution in [2.24, 2.45) is 0 Å². The first-order valence-corrected chi connectivity index (χ1v) is 6.64. The zero-order valence-corrected chi connectivity index (χ0v) is 11.7. The predicted octanol–water partition coefficient (Wildman–Crippen LogP) is 1.57. The van der Waals surface area contributed by atoms with E-state index in [1.807, 2.05) is 19.9 Å². The molecule has 0 aliphatic carbocycles. The van der Waals surface area contributed by atoms with Crippen molar-refractivity contribution in [1.29, 1.82) is 5.26 Å². The summed E-state index contributed by atoms with van der Waals surface area (Å²) in [5.74, 6) is 0.545. The predicted molar refractivity (Wildman–Crippen MR) is 73.2 cm³/mol. The van der Waals surface area contributed by atoms with Gasteiger partial charge in [0.05, 0.1) is 23.8 Å². The Hall–Kier alpha value is -2.06. The van der Waals surface area contributed by atoms with Crippen LogP contribution in [0.3, 0.4) is 0 Å². The molecular weight excluding hydrogens is 256 g/mol. The Morgan fingerprint density at radius 1 is 1.35 bits per heavy atom. The van der Waals surface area contributed by atoms with Crippen LogP contribution in [0.2, 0.25) is 0 Å². The molecule has 1 fully saturated rings. The average Bonchev–Trinajstić information content (AvgIpc) is 2.44. The fourth-order valence-corrected chi connectivity index (χ4v) is 2.24. The molecule has 0 N–H and O–H groups in total. The van der Waals surface area contributed by atoms with Crippen LogP contribution < -0.4 is 4.74 Å². The number of hydrogen-bond acceptors (Lipinski definition) is 4. The lowest BCUT2D eigenvalue weighted by Crippen LogP contribution is -2.49. The first kappa shape index (κ1) is 14.4. The van der Waals surface area contributed by atoms with Gasteiger partial charge >= 0.3 is 0 Å². The van der Waals surface area contributed by atoms with Gasteiger partial charge in [0.2, 0.25) is 0 Å². The highest BCUT2D eigenvalue weighted by atomic mass is 16.5. The first-order valence-electron chi connectivity index (χ1n) is 6.64. The van der Waals surface area contributed by atoms with Gasteiger partial charge in [0.25, 0.3) is 5.91 Å². The van der Waals surface area contributed by atoms with Gasteiger partial charge in [0.1, 0.15) is 5.75 Å². The summed E-state index contributed by atoms with van der Waals surface area (Å²) in [5.41, 5.74) is 0.569. The Labute approximate surface area is 118 Å². The monoisotopic (exact) mass is 274 g/mol. The van der Waals surface area contributed by atoms with Crippen molar-refractivity contribution in [2.75, 3.05) is 19.7 Å². The Kier molecular flexibility index (Phi) is 4.59. The van der Waals surface area contributed by atoms with Gasteiger partial charge in [-0.3, -0.25) is 4.79 Å².